The molecule has 0 bridgehead atoms. The summed E-state index contributed by atoms with van der Waals surface area (Å²) in [6.07, 6.45) is 1.09. The van der Waals surface area contributed by atoms with Gasteiger partial charge in [-0.15, -0.1) is 0 Å². The van der Waals surface area contributed by atoms with Gasteiger partial charge in [0.05, 0.1) is 6.26 Å². The van der Waals surface area contributed by atoms with E-state index in [-0.39, 0.29) is 4.99 Å². The van der Waals surface area contributed by atoms with Crippen LogP contribution in [-0.2, 0) is 10.0 Å². The molecule has 0 atom stereocenters. The van der Waals surface area contributed by atoms with Crippen molar-refractivity contribution < 1.29 is 12.8 Å². The second-order valence-corrected chi connectivity index (χ2v) is 7.35. The smallest absolute Gasteiger partial charge is 0.209 e. The Hall–Kier alpha value is -1.25. The summed E-state index contributed by atoms with van der Waals surface area (Å²) in [4.78, 5) is 0.0703. The summed E-state index contributed by atoms with van der Waals surface area (Å²) < 4.78 is 38.2. The van der Waals surface area contributed by atoms with E-state index >= 15 is 0 Å². The highest BCUT2D eigenvalue weighted by atomic mass is 32.2. The Bertz CT molecular complexity index is 615. The van der Waals surface area contributed by atoms with Gasteiger partial charge in [0.1, 0.15) is 10.8 Å². The van der Waals surface area contributed by atoms with E-state index in [9.17, 15) is 12.8 Å². The molecule has 0 spiro atoms. The number of hydrogen-bond donors (Lipinski definition) is 3. The Labute approximate surface area is 123 Å². The van der Waals surface area contributed by atoms with Gasteiger partial charge in [0, 0.05) is 23.3 Å². The van der Waals surface area contributed by atoms with Crippen LogP contribution in [0.1, 0.15) is 19.4 Å². The van der Waals surface area contributed by atoms with Crippen molar-refractivity contribution >= 4 is 32.9 Å². The van der Waals surface area contributed by atoms with Gasteiger partial charge >= 0.3 is 0 Å². The Balaban J connectivity index is 2.87. The van der Waals surface area contributed by atoms with Crippen molar-refractivity contribution in [1.82, 2.24) is 4.72 Å². The minimum absolute atomic E-state index is 0.0703. The van der Waals surface area contributed by atoms with E-state index in [1.807, 2.05) is 0 Å². The van der Waals surface area contributed by atoms with E-state index in [0.29, 0.717) is 17.8 Å². The maximum Gasteiger partial charge on any atom is 0.209 e. The molecule has 0 amide bonds. The van der Waals surface area contributed by atoms with Crippen LogP contribution in [0.5, 0.6) is 0 Å². The number of rotatable bonds is 6. The summed E-state index contributed by atoms with van der Waals surface area (Å²) in [5.74, 6) is -0.438. The summed E-state index contributed by atoms with van der Waals surface area (Å²) in [5.41, 5.74) is 5.77. The van der Waals surface area contributed by atoms with Crippen LogP contribution in [0.4, 0.5) is 10.1 Å². The standard InChI is InChI=1S/C12H18FN3O2S2/c1-12(2,16-20(3,17)18)7-15-10-5-4-8(13)6-9(10)11(14)19/h4-6,15-16H,7H2,1-3H3,(H2,14,19). The summed E-state index contributed by atoms with van der Waals surface area (Å²) in [6, 6.07) is 4.03. The largest absolute Gasteiger partial charge is 0.389 e. The number of hydrogen-bond acceptors (Lipinski definition) is 4. The number of halogens is 1. The molecule has 5 nitrogen and oxygen atoms in total. The molecule has 0 saturated carbocycles. The van der Waals surface area contributed by atoms with Gasteiger partial charge in [-0.1, -0.05) is 12.2 Å². The molecular weight excluding hydrogens is 301 g/mol. The van der Waals surface area contributed by atoms with E-state index in [1.165, 1.54) is 18.2 Å². The van der Waals surface area contributed by atoms with E-state index in [1.54, 1.807) is 13.8 Å². The highest BCUT2D eigenvalue weighted by molar-refractivity contribution is 7.88. The van der Waals surface area contributed by atoms with Gasteiger partial charge in [-0.25, -0.2) is 17.5 Å². The molecule has 4 N–H and O–H groups in total. The number of anilines is 1. The molecule has 0 heterocycles. The molecule has 0 aliphatic rings. The van der Waals surface area contributed by atoms with E-state index in [4.69, 9.17) is 18.0 Å². The summed E-state index contributed by atoms with van der Waals surface area (Å²) >= 11 is 4.86. The second kappa shape index (κ2) is 6.02. The van der Waals surface area contributed by atoms with Gasteiger partial charge in [0.2, 0.25) is 10.0 Å². The predicted molar refractivity (Wildman–Crippen MR) is 82.8 cm³/mol. The fourth-order valence-corrected chi connectivity index (χ4v) is 2.97. The molecule has 1 rings (SSSR count). The monoisotopic (exact) mass is 319 g/mol. The second-order valence-electron chi connectivity index (χ2n) is 5.17. The number of thiocarbonyl (C=S) groups is 1. The normalized spacial score (nSPS) is 12.2. The minimum atomic E-state index is -3.32. The lowest BCUT2D eigenvalue weighted by Crippen LogP contribution is -2.47. The first-order chi connectivity index (χ1) is 9.00. The average Bonchev–Trinajstić information content (AvgIpc) is 2.23. The number of nitrogens with two attached hydrogens (primary N) is 1. The van der Waals surface area contributed by atoms with Gasteiger partial charge in [-0.2, -0.15) is 0 Å². The van der Waals surface area contributed by atoms with Crippen molar-refractivity contribution in [2.24, 2.45) is 5.73 Å². The topological polar surface area (TPSA) is 84.2 Å². The molecule has 0 aromatic heterocycles. The zero-order chi connectivity index (χ0) is 15.6. The fourth-order valence-electron chi connectivity index (χ4n) is 1.73. The van der Waals surface area contributed by atoms with Crippen molar-refractivity contribution in [2.75, 3.05) is 18.1 Å². The fraction of sp³-hybridized carbons (Fsp3) is 0.417. The SMILES string of the molecule is CC(C)(CNc1ccc(F)cc1C(N)=S)NS(C)(=O)=O. The maximum atomic E-state index is 13.2. The molecule has 20 heavy (non-hydrogen) atoms. The van der Waals surface area contributed by atoms with Crippen molar-refractivity contribution in [1.29, 1.82) is 0 Å². The zero-order valence-corrected chi connectivity index (χ0v) is 13.2. The molecule has 0 fully saturated rings. The van der Waals surface area contributed by atoms with Gasteiger partial charge < -0.3 is 11.1 Å². The van der Waals surface area contributed by atoms with Crippen molar-refractivity contribution in [3.8, 4) is 0 Å². The average molecular weight is 319 g/mol. The summed E-state index contributed by atoms with van der Waals surface area (Å²) in [6.45, 7) is 3.75. The van der Waals surface area contributed by atoms with Crippen molar-refractivity contribution in [3.05, 3.63) is 29.6 Å². The third-order valence-electron chi connectivity index (χ3n) is 2.43. The van der Waals surface area contributed by atoms with Crippen LogP contribution in [0.25, 0.3) is 0 Å². The van der Waals surface area contributed by atoms with E-state index in [0.717, 1.165) is 6.26 Å². The quantitative estimate of drug-likeness (QED) is 0.686. The molecule has 1 aromatic carbocycles. The molecule has 8 heteroatoms. The molecule has 112 valence electrons. The zero-order valence-electron chi connectivity index (χ0n) is 11.5. The van der Waals surface area contributed by atoms with Gasteiger partial charge in [-0.05, 0) is 32.0 Å². The first-order valence-corrected chi connectivity index (χ1v) is 8.12. The molecule has 0 saturated heterocycles. The van der Waals surface area contributed by atoms with Crippen LogP contribution in [0.15, 0.2) is 18.2 Å². The Morgan fingerprint density at radius 2 is 2.05 bits per heavy atom. The highest BCUT2D eigenvalue weighted by Crippen LogP contribution is 2.18. The predicted octanol–water partition coefficient (Wildman–Crippen LogP) is 1.20. The van der Waals surface area contributed by atoms with Crippen molar-refractivity contribution in [3.63, 3.8) is 0 Å². The lowest BCUT2D eigenvalue weighted by Gasteiger charge is -2.26. The van der Waals surface area contributed by atoms with E-state index in [2.05, 4.69) is 10.0 Å². The van der Waals surface area contributed by atoms with Crippen LogP contribution in [0.2, 0.25) is 0 Å². The molecule has 0 aliphatic heterocycles. The molecule has 0 aliphatic carbocycles. The Kier molecular flexibility index (Phi) is 5.06. The first kappa shape index (κ1) is 16.8. The third kappa shape index (κ3) is 5.40. The highest BCUT2D eigenvalue weighted by Gasteiger charge is 2.22. The third-order valence-corrected chi connectivity index (χ3v) is 3.57. The first-order valence-electron chi connectivity index (χ1n) is 5.82. The minimum Gasteiger partial charge on any atom is -0.389 e. The Morgan fingerprint density at radius 3 is 2.55 bits per heavy atom. The molecule has 0 radical (unpaired) electrons. The van der Waals surface area contributed by atoms with Gasteiger partial charge in [0.25, 0.3) is 0 Å². The summed E-state index contributed by atoms with van der Waals surface area (Å²) in [7, 11) is -3.32. The van der Waals surface area contributed by atoms with Crippen molar-refractivity contribution in [2.45, 2.75) is 19.4 Å². The molecule has 0 unspecified atom stereocenters. The number of sulfonamides is 1. The van der Waals surface area contributed by atoms with Crippen LogP contribution in [0, 0.1) is 5.82 Å². The lowest BCUT2D eigenvalue weighted by molar-refractivity contribution is 0.476. The van der Waals surface area contributed by atoms with Crippen LogP contribution >= 0.6 is 12.2 Å². The lowest BCUT2D eigenvalue weighted by atomic mass is 10.1. The van der Waals surface area contributed by atoms with Gasteiger partial charge in [0.15, 0.2) is 0 Å². The Morgan fingerprint density at radius 1 is 1.45 bits per heavy atom. The summed E-state index contributed by atoms with van der Waals surface area (Å²) in [5, 5.41) is 3.02. The maximum absolute atomic E-state index is 13.2. The van der Waals surface area contributed by atoms with Crippen LogP contribution < -0.4 is 15.8 Å². The number of nitrogens with one attached hydrogen (secondary N) is 2. The van der Waals surface area contributed by atoms with Crippen LogP contribution in [-0.4, -0.2) is 31.7 Å². The van der Waals surface area contributed by atoms with E-state index < -0.39 is 21.4 Å². The van der Waals surface area contributed by atoms with Gasteiger partial charge in [-0.3, -0.25) is 0 Å². The number of benzene rings is 1. The molecule has 1 aromatic rings. The van der Waals surface area contributed by atoms with Crippen LogP contribution in [0.3, 0.4) is 0 Å². The molecular formula is C12H18FN3O2S2.